The van der Waals surface area contributed by atoms with Gasteiger partial charge in [0, 0.05) is 5.69 Å². The summed E-state index contributed by atoms with van der Waals surface area (Å²) in [7, 11) is 0. The van der Waals surface area contributed by atoms with Crippen molar-refractivity contribution in [2.45, 2.75) is 26.7 Å². The molecule has 0 bridgehead atoms. The van der Waals surface area contributed by atoms with Gasteiger partial charge >= 0.3 is 6.03 Å². The van der Waals surface area contributed by atoms with E-state index in [0.717, 1.165) is 12.2 Å². The van der Waals surface area contributed by atoms with E-state index in [4.69, 9.17) is 4.74 Å². The van der Waals surface area contributed by atoms with E-state index in [0.29, 0.717) is 24.4 Å². The normalized spacial score (nSPS) is 10.7. The number of aromatic amines is 1. The lowest BCUT2D eigenvalue weighted by Crippen LogP contribution is -2.28. The summed E-state index contributed by atoms with van der Waals surface area (Å²) in [6.45, 7) is 4.44. The van der Waals surface area contributed by atoms with Crippen LogP contribution in [0.4, 0.5) is 16.2 Å². The topological polar surface area (TPSA) is 113 Å². The molecule has 3 aromatic rings. The molecular weight excluding hydrogens is 336 g/mol. The smallest absolute Gasteiger partial charge is 0.323 e. The van der Waals surface area contributed by atoms with Gasteiger partial charge in [-0.25, -0.2) is 14.8 Å². The van der Waals surface area contributed by atoms with E-state index in [2.05, 4.69) is 25.7 Å². The molecule has 136 valence electrons. The van der Waals surface area contributed by atoms with Gasteiger partial charge in [0.1, 0.15) is 17.8 Å². The average molecular weight is 356 g/mol. The van der Waals surface area contributed by atoms with Gasteiger partial charge in [0.25, 0.3) is 11.3 Å². The Labute approximate surface area is 149 Å². The number of nitrogens with zero attached hydrogens (tertiary/aromatic N) is 3. The van der Waals surface area contributed by atoms with Crippen LogP contribution in [0.1, 0.15) is 26.0 Å². The quantitative estimate of drug-likeness (QED) is 0.628. The van der Waals surface area contributed by atoms with E-state index in [1.54, 1.807) is 24.3 Å². The van der Waals surface area contributed by atoms with Gasteiger partial charge in [-0.15, -0.1) is 0 Å². The summed E-state index contributed by atoms with van der Waals surface area (Å²) in [5, 5.41) is 7.98. The van der Waals surface area contributed by atoms with Crippen molar-refractivity contribution >= 4 is 23.2 Å². The zero-order valence-corrected chi connectivity index (χ0v) is 14.6. The van der Waals surface area contributed by atoms with Crippen LogP contribution in [0.25, 0.3) is 5.78 Å². The molecule has 2 heterocycles. The number of fused-ring (bicyclic) bond motifs is 1. The predicted molar refractivity (Wildman–Crippen MR) is 97.9 cm³/mol. The molecule has 1 aromatic carbocycles. The number of hydrogen-bond acceptors (Lipinski definition) is 5. The van der Waals surface area contributed by atoms with Crippen molar-refractivity contribution in [1.29, 1.82) is 0 Å². The molecule has 9 heteroatoms. The van der Waals surface area contributed by atoms with Crippen molar-refractivity contribution in [2.75, 3.05) is 17.2 Å². The first kappa shape index (κ1) is 17.5. The van der Waals surface area contributed by atoms with Crippen LogP contribution in [0.3, 0.4) is 0 Å². The maximum absolute atomic E-state index is 12.6. The van der Waals surface area contributed by atoms with Crippen molar-refractivity contribution in [3.63, 3.8) is 0 Å². The first-order valence-corrected chi connectivity index (χ1v) is 8.38. The number of amides is 2. The Morgan fingerprint density at radius 2 is 2.00 bits per heavy atom. The number of H-pyrrole nitrogens is 1. The highest BCUT2D eigenvalue weighted by Gasteiger charge is 2.16. The first-order valence-electron chi connectivity index (χ1n) is 8.38. The monoisotopic (exact) mass is 356 g/mol. The Balaban J connectivity index is 1.81. The van der Waals surface area contributed by atoms with Crippen LogP contribution < -0.4 is 20.9 Å². The zero-order valence-electron chi connectivity index (χ0n) is 14.6. The minimum atomic E-state index is -0.523. The van der Waals surface area contributed by atoms with E-state index >= 15 is 0 Å². The van der Waals surface area contributed by atoms with Crippen LogP contribution in [-0.2, 0) is 6.42 Å². The largest absolute Gasteiger partial charge is 0.494 e. The number of hydrogen-bond donors (Lipinski definition) is 3. The van der Waals surface area contributed by atoms with Crippen molar-refractivity contribution in [3.05, 3.63) is 46.6 Å². The fourth-order valence-electron chi connectivity index (χ4n) is 2.52. The Morgan fingerprint density at radius 3 is 2.69 bits per heavy atom. The van der Waals surface area contributed by atoms with Crippen LogP contribution in [0, 0.1) is 0 Å². The molecule has 9 nitrogen and oxygen atoms in total. The van der Waals surface area contributed by atoms with E-state index in [1.807, 2.05) is 13.8 Å². The SMILES string of the molecule is CCCc1nc2nc[nH]n2c(=O)c1NC(=O)Nc1ccc(OCC)cc1. The third-order valence-corrected chi connectivity index (χ3v) is 3.66. The van der Waals surface area contributed by atoms with Gasteiger partial charge in [0.2, 0.25) is 0 Å². The van der Waals surface area contributed by atoms with Crippen molar-refractivity contribution in [3.8, 4) is 5.75 Å². The Morgan fingerprint density at radius 1 is 1.23 bits per heavy atom. The minimum Gasteiger partial charge on any atom is -0.494 e. The molecule has 26 heavy (non-hydrogen) atoms. The predicted octanol–water partition coefficient (Wildman–Crippen LogP) is 2.41. The fourth-order valence-corrected chi connectivity index (χ4v) is 2.52. The lowest BCUT2D eigenvalue weighted by atomic mass is 10.2. The van der Waals surface area contributed by atoms with Gasteiger partial charge in [-0.3, -0.25) is 9.89 Å². The molecule has 0 aliphatic rings. The van der Waals surface area contributed by atoms with Crippen molar-refractivity contribution in [2.24, 2.45) is 0 Å². The van der Waals surface area contributed by atoms with Gasteiger partial charge < -0.3 is 15.4 Å². The summed E-state index contributed by atoms with van der Waals surface area (Å²) in [5.74, 6) is 0.992. The maximum atomic E-state index is 12.6. The number of ether oxygens (including phenoxy) is 1. The summed E-state index contributed by atoms with van der Waals surface area (Å²) in [4.78, 5) is 33.2. The third kappa shape index (κ3) is 3.66. The van der Waals surface area contributed by atoms with Crippen LogP contribution in [-0.4, -0.2) is 32.2 Å². The zero-order chi connectivity index (χ0) is 18.5. The number of aryl methyl sites for hydroxylation is 1. The molecule has 0 radical (unpaired) electrons. The summed E-state index contributed by atoms with van der Waals surface area (Å²) < 4.78 is 6.55. The van der Waals surface area contributed by atoms with Gasteiger partial charge in [-0.2, -0.15) is 4.52 Å². The molecule has 2 amide bonds. The van der Waals surface area contributed by atoms with E-state index in [-0.39, 0.29) is 11.5 Å². The molecular formula is C17H20N6O3. The molecule has 3 rings (SSSR count). The molecule has 0 saturated heterocycles. The molecule has 0 aliphatic carbocycles. The van der Waals surface area contributed by atoms with Gasteiger partial charge in [0.15, 0.2) is 0 Å². The van der Waals surface area contributed by atoms with Crippen molar-refractivity contribution in [1.82, 2.24) is 19.6 Å². The molecule has 0 atom stereocenters. The molecule has 0 unspecified atom stereocenters. The Kier molecular flexibility index (Phi) is 5.16. The molecule has 0 aliphatic heterocycles. The molecule has 0 saturated carbocycles. The second-order valence-electron chi connectivity index (χ2n) is 5.55. The van der Waals surface area contributed by atoms with E-state index in [1.165, 1.54) is 10.8 Å². The number of carbonyl (C=O) groups is 1. The second-order valence-corrected chi connectivity index (χ2v) is 5.55. The van der Waals surface area contributed by atoms with Crippen LogP contribution >= 0.6 is 0 Å². The average Bonchev–Trinajstić information content (AvgIpc) is 3.09. The number of nitrogens with one attached hydrogen (secondary N) is 3. The Bertz CT molecular complexity index is 961. The molecule has 0 spiro atoms. The second kappa shape index (κ2) is 7.68. The van der Waals surface area contributed by atoms with Crippen molar-refractivity contribution < 1.29 is 9.53 Å². The lowest BCUT2D eigenvalue weighted by Gasteiger charge is -2.11. The number of aromatic nitrogens is 4. The van der Waals surface area contributed by atoms with Gasteiger partial charge in [-0.05, 0) is 37.6 Å². The highest BCUT2D eigenvalue weighted by atomic mass is 16.5. The summed E-state index contributed by atoms with van der Waals surface area (Å²) in [6, 6.07) is 6.44. The number of carbonyl (C=O) groups excluding carboxylic acids is 1. The van der Waals surface area contributed by atoms with Crippen LogP contribution in [0.2, 0.25) is 0 Å². The summed E-state index contributed by atoms with van der Waals surface area (Å²) >= 11 is 0. The van der Waals surface area contributed by atoms with Gasteiger partial charge in [0.05, 0.1) is 12.3 Å². The number of rotatable bonds is 6. The van der Waals surface area contributed by atoms with Crippen LogP contribution in [0.5, 0.6) is 5.75 Å². The Hall–Kier alpha value is -3.36. The molecule has 0 fully saturated rings. The highest BCUT2D eigenvalue weighted by Crippen LogP contribution is 2.16. The van der Waals surface area contributed by atoms with E-state index < -0.39 is 11.6 Å². The fraction of sp³-hybridized carbons (Fsp3) is 0.294. The highest BCUT2D eigenvalue weighted by molar-refractivity contribution is 6.00. The number of urea groups is 1. The molecule has 3 N–H and O–H groups in total. The summed E-state index contributed by atoms with van der Waals surface area (Å²) in [5.41, 5.74) is 0.819. The lowest BCUT2D eigenvalue weighted by molar-refractivity contribution is 0.262. The molecule has 2 aromatic heterocycles. The standard InChI is InChI=1S/C17H20N6O3/c1-3-5-13-14(15(24)23-16(21-13)18-10-19-23)22-17(25)20-11-6-8-12(9-7-11)26-4-2/h6-10H,3-5H2,1-2H3,(H,18,19,21)(H2,20,22,25). The third-order valence-electron chi connectivity index (χ3n) is 3.66. The minimum absolute atomic E-state index is 0.136. The summed E-state index contributed by atoms with van der Waals surface area (Å²) in [6.07, 6.45) is 2.71. The number of benzene rings is 1. The first-order chi connectivity index (χ1) is 12.6. The maximum Gasteiger partial charge on any atom is 0.323 e. The van der Waals surface area contributed by atoms with Crippen LogP contribution in [0.15, 0.2) is 35.4 Å². The van der Waals surface area contributed by atoms with E-state index in [9.17, 15) is 9.59 Å². The number of anilines is 2. The van der Waals surface area contributed by atoms with Gasteiger partial charge in [-0.1, -0.05) is 13.3 Å².